The molecule has 426 valence electrons. The molecular formula is C90H61N. The highest BCUT2D eigenvalue weighted by molar-refractivity contribution is 5.92. The average molecular weight is 1160 g/mol. The van der Waals surface area contributed by atoms with Crippen LogP contribution < -0.4 is 4.90 Å². The van der Waals surface area contributed by atoms with Gasteiger partial charge in [0.1, 0.15) is 0 Å². The number of anilines is 3. The van der Waals surface area contributed by atoms with E-state index in [1.165, 1.54) is 116 Å². The number of nitrogens with zero attached hydrogens (tertiary/aromatic N) is 1. The molecule has 0 N–H and O–H groups in total. The fourth-order valence-corrected chi connectivity index (χ4v) is 15.2. The maximum absolute atomic E-state index is 2.46. The third-order valence-electron chi connectivity index (χ3n) is 19.5. The van der Waals surface area contributed by atoms with Crippen molar-refractivity contribution in [1.29, 1.82) is 0 Å². The van der Waals surface area contributed by atoms with E-state index in [2.05, 4.69) is 375 Å². The van der Waals surface area contributed by atoms with Crippen LogP contribution in [0.4, 0.5) is 17.1 Å². The van der Waals surface area contributed by atoms with Crippen LogP contribution in [0.1, 0.15) is 44.5 Å². The first kappa shape index (κ1) is 53.6. The molecule has 0 amide bonds. The largest absolute Gasteiger partial charge is 0.311 e. The highest BCUT2D eigenvalue weighted by atomic mass is 15.1. The maximum Gasteiger partial charge on any atom is 0.0713 e. The molecule has 0 saturated heterocycles. The van der Waals surface area contributed by atoms with Crippen LogP contribution in [0.2, 0.25) is 0 Å². The minimum atomic E-state index is -0.482. The minimum absolute atomic E-state index is 0.482. The second kappa shape index (κ2) is 22.2. The topological polar surface area (TPSA) is 3.24 Å². The molecule has 0 aromatic heterocycles. The zero-order chi connectivity index (χ0) is 60.3. The summed E-state index contributed by atoms with van der Waals surface area (Å²) in [6.45, 7) is 0. The predicted octanol–water partition coefficient (Wildman–Crippen LogP) is 23.4. The van der Waals surface area contributed by atoms with Crippen molar-refractivity contribution in [3.63, 3.8) is 0 Å². The van der Waals surface area contributed by atoms with E-state index in [4.69, 9.17) is 0 Å². The van der Waals surface area contributed by atoms with E-state index in [0.29, 0.717) is 0 Å². The molecule has 91 heavy (non-hydrogen) atoms. The van der Waals surface area contributed by atoms with Crippen molar-refractivity contribution in [2.24, 2.45) is 0 Å². The Balaban J connectivity index is 0.737. The Kier molecular flexibility index (Phi) is 13.1. The van der Waals surface area contributed by atoms with Gasteiger partial charge in [-0.05, 0) is 194 Å². The zero-order valence-corrected chi connectivity index (χ0v) is 50.2. The molecule has 15 aromatic carbocycles. The molecule has 1 heteroatoms. The number of hydrogen-bond donors (Lipinski definition) is 0. The Hall–Kier alpha value is -11.6. The molecule has 0 saturated carbocycles. The number of benzene rings is 15. The molecule has 2 aliphatic rings. The van der Waals surface area contributed by atoms with Gasteiger partial charge in [-0.1, -0.05) is 309 Å². The van der Waals surface area contributed by atoms with Gasteiger partial charge in [-0.15, -0.1) is 0 Å². The summed E-state index contributed by atoms with van der Waals surface area (Å²) in [5.74, 6) is 0. The highest BCUT2D eigenvalue weighted by Crippen LogP contribution is 2.59. The molecule has 0 fully saturated rings. The Labute approximate surface area is 532 Å². The third-order valence-corrected chi connectivity index (χ3v) is 19.5. The fourth-order valence-electron chi connectivity index (χ4n) is 15.2. The summed E-state index contributed by atoms with van der Waals surface area (Å²) >= 11 is 0. The van der Waals surface area contributed by atoms with Gasteiger partial charge in [0, 0.05) is 17.1 Å². The standard InChI is InChI=1S/C90H61N/c1-5-24-74(25-6-1)89(75-26-7-2-8-27-75)85-34-17-15-32-81(85)83-56-48-72(60-87(83)89)66-44-52-79(53-45-66)91(78-50-42-64(43-51-78)63-36-38-65(39-37-63)69-22-19-23-70(58-69)71-41-40-62-20-13-14-21-68(62)59-71)80-54-46-67(47-55-80)73-49-57-84-82-33-16-18-35-86(82)90(88(84)61-73,76-28-9-3-10-29-76)77-30-11-4-12-31-77/h1-61H. The Bertz CT molecular complexity index is 4860. The summed E-state index contributed by atoms with van der Waals surface area (Å²) in [6, 6.07) is 137. The van der Waals surface area contributed by atoms with Crippen LogP contribution in [0.15, 0.2) is 370 Å². The lowest BCUT2D eigenvalue weighted by Crippen LogP contribution is -2.28. The minimum Gasteiger partial charge on any atom is -0.311 e. The number of fused-ring (bicyclic) bond motifs is 7. The molecule has 0 spiro atoms. The second-order valence-electron chi connectivity index (χ2n) is 24.3. The van der Waals surface area contributed by atoms with Crippen molar-refractivity contribution in [2.75, 3.05) is 4.90 Å². The van der Waals surface area contributed by atoms with E-state index in [0.717, 1.165) is 33.8 Å². The molecule has 0 heterocycles. The van der Waals surface area contributed by atoms with Crippen LogP contribution in [0.3, 0.4) is 0 Å². The molecule has 0 atom stereocenters. The van der Waals surface area contributed by atoms with Gasteiger partial charge < -0.3 is 4.90 Å². The zero-order valence-electron chi connectivity index (χ0n) is 50.2. The first-order chi connectivity index (χ1) is 45.1. The van der Waals surface area contributed by atoms with E-state index in [1.807, 2.05) is 0 Å². The molecule has 0 radical (unpaired) electrons. The van der Waals surface area contributed by atoms with Crippen LogP contribution >= 0.6 is 0 Å². The van der Waals surface area contributed by atoms with Crippen molar-refractivity contribution in [1.82, 2.24) is 0 Å². The summed E-state index contributed by atoms with van der Waals surface area (Å²) in [4.78, 5) is 2.40. The van der Waals surface area contributed by atoms with Gasteiger partial charge >= 0.3 is 0 Å². The van der Waals surface area contributed by atoms with Crippen LogP contribution in [-0.4, -0.2) is 0 Å². The van der Waals surface area contributed by atoms with E-state index < -0.39 is 10.8 Å². The first-order valence-electron chi connectivity index (χ1n) is 31.6. The Morgan fingerprint density at radius 2 is 0.451 bits per heavy atom. The van der Waals surface area contributed by atoms with Crippen molar-refractivity contribution in [2.45, 2.75) is 10.8 Å². The van der Waals surface area contributed by atoms with Crippen molar-refractivity contribution in [3.8, 4) is 77.9 Å². The van der Waals surface area contributed by atoms with Gasteiger partial charge in [0.05, 0.1) is 10.8 Å². The SMILES string of the molecule is c1ccc(C2(c3ccccc3)c3ccccc3-c3ccc(-c4ccc(N(c5ccc(-c6ccc(-c7cccc(-c8ccc9ccccc9c8)c7)cc6)cc5)c5ccc(-c6ccc7c(c6)C(c6ccccc6)(c6ccccc6)c6ccccc6-7)cc5)cc4)cc32)cc1. The lowest BCUT2D eigenvalue weighted by molar-refractivity contribution is 0.769. The molecular weight excluding hydrogens is 1090 g/mol. The highest BCUT2D eigenvalue weighted by Gasteiger charge is 2.47. The van der Waals surface area contributed by atoms with E-state index in [1.54, 1.807) is 0 Å². The van der Waals surface area contributed by atoms with Crippen LogP contribution in [0.5, 0.6) is 0 Å². The summed E-state index contributed by atoms with van der Waals surface area (Å²) < 4.78 is 0. The average Bonchev–Trinajstić information content (AvgIpc) is 1.56. The molecule has 0 aliphatic heterocycles. The van der Waals surface area contributed by atoms with Gasteiger partial charge in [0.15, 0.2) is 0 Å². The van der Waals surface area contributed by atoms with E-state index >= 15 is 0 Å². The van der Waals surface area contributed by atoms with Crippen molar-refractivity contribution >= 4 is 27.8 Å². The molecule has 2 aliphatic carbocycles. The van der Waals surface area contributed by atoms with Crippen LogP contribution in [0.25, 0.3) is 88.7 Å². The lowest BCUT2D eigenvalue weighted by Gasteiger charge is -2.34. The third kappa shape index (κ3) is 8.92. The normalized spacial score (nSPS) is 13.0. The lowest BCUT2D eigenvalue weighted by atomic mass is 9.67. The predicted molar refractivity (Wildman–Crippen MR) is 380 cm³/mol. The summed E-state index contributed by atoms with van der Waals surface area (Å²) in [5, 5.41) is 2.50. The monoisotopic (exact) mass is 1160 g/mol. The van der Waals surface area contributed by atoms with Gasteiger partial charge in [-0.25, -0.2) is 0 Å². The van der Waals surface area contributed by atoms with Gasteiger partial charge in [-0.2, -0.15) is 0 Å². The Morgan fingerprint density at radius 3 is 0.868 bits per heavy atom. The quantitative estimate of drug-likeness (QED) is 0.118. The fraction of sp³-hybridized carbons (Fsp3) is 0.0222. The van der Waals surface area contributed by atoms with Crippen LogP contribution in [-0.2, 0) is 10.8 Å². The first-order valence-corrected chi connectivity index (χ1v) is 31.6. The molecule has 0 bridgehead atoms. The molecule has 15 aromatic rings. The summed E-state index contributed by atoms with van der Waals surface area (Å²) in [5.41, 5.74) is 29.5. The number of hydrogen-bond acceptors (Lipinski definition) is 1. The smallest absolute Gasteiger partial charge is 0.0713 e. The number of rotatable bonds is 12. The van der Waals surface area contributed by atoms with E-state index in [-0.39, 0.29) is 0 Å². The van der Waals surface area contributed by atoms with Gasteiger partial charge in [-0.3, -0.25) is 0 Å². The van der Waals surface area contributed by atoms with Crippen molar-refractivity contribution in [3.05, 3.63) is 415 Å². The Morgan fingerprint density at radius 1 is 0.165 bits per heavy atom. The maximum atomic E-state index is 2.46. The van der Waals surface area contributed by atoms with Crippen molar-refractivity contribution < 1.29 is 0 Å². The molecule has 1 nitrogen and oxygen atoms in total. The van der Waals surface area contributed by atoms with Gasteiger partial charge in [0.2, 0.25) is 0 Å². The molecule has 0 unspecified atom stereocenters. The molecule has 17 rings (SSSR count). The second-order valence-corrected chi connectivity index (χ2v) is 24.3. The summed E-state index contributed by atoms with van der Waals surface area (Å²) in [6.07, 6.45) is 0. The van der Waals surface area contributed by atoms with E-state index in [9.17, 15) is 0 Å². The van der Waals surface area contributed by atoms with Gasteiger partial charge in [0.25, 0.3) is 0 Å². The van der Waals surface area contributed by atoms with Crippen LogP contribution in [0, 0.1) is 0 Å². The summed E-state index contributed by atoms with van der Waals surface area (Å²) in [7, 11) is 0.